The van der Waals surface area contributed by atoms with Crippen LogP contribution >= 0.6 is 0 Å². The van der Waals surface area contributed by atoms with Gasteiger partial charge in [0.15, 0.2) is 11.5 Å². The fraction of sp³-hybridized carbons (Fsp3) is 0.500. The average molecular weight is 349 g/mol. The van der Waals surface area contributed by atoms with Gasteiger partial charge in [0.25, 0.3) is 0 Å². The van der Waals surface area contributed by atoms with Crippen molar-refractivity contribution in [1.29, 1.82) is 0 Å². The third-order valence-electron chi connectivity index (χ3n) is 4.41. The lowest BCUT2D eigenvalue weighted by molar-refractivity contribution is -0.0663. The van der Waals surface area contributed by atoms with E-state index in [1.807, 2.05) is 12.1 Å². The third-order valence-corrected chi connectivity index (χ3v) is 4.41. The molecule has 0 radical (unpaired) electrons. The summed E-state index contributed by atoms with van der Waals surface area (Å²) >= 11 is 0. The minimum atomic E-state index is -1.26. The molecule has 0 aromatic heterocycles. The number of aliphatic hydroxyl groups excluding tert-OH is 1. The van der Waals surface area contributed by atoms with Crippen LogP contribution in [0.5, 0.6) is 11.5 Å². The van der Waals surface area contributed by atoms with Gasteiger partial charge in [-0.1, -0.05) is 6.07 Å². The lowest BCUT2D eigenvalue weighted by Crippen LogP contribution is -2.40. The second kappa shape index (κ2) is 6.67. The van der Waals surface area contributed by atoms with Gasteiger partial charge < -0.3 is 29.2 Å². The highest BCUT2D eigenvalue weighted by molar-refractivity contribution is 5.90. The summed E-state index contributed by atoms with van der Waals surface area (Å²) in [5, 5.41) is 19.8. The SMILES string of the molecule is COc1c(OC[C@H](O)C(C)(C)O)ccc2c1N=C1OC=C[C@@H]1[C@@H]2OC. The van der Waals surface area contributed by atoms with E-state index in [0.717, 1.165) is 5.56 Å². The predicted octanol–water partition coefficient (Wildman–Crippen LogP) is 2.10. The number of fused-ring (bicyclic) bond motifs is 2. The van der Waals surface area contributed by atoms with Crippen LogP contribution in [0, 0.1) is 5.92 Å². The summed E-state index contributed by atoms with van der Waals surface area (Å²) in [6.45, 7) is 2.96. The van der Waals surface area contributed by atoms with E-state index < -0.39 is 11.7 Å². The van der Waals surface area contributed by atoms with Crippen molar-refractivity contribution >= 4 is 11.6 Å². The van der Waals surface area contributed by atoms with Crippen molar-refractivity contribution in [2.45, 2.75) is 31.7 Å². The summed E-state index contributed by atoms with van der Waals surface area (Å²) in [6.07, 6.45) is 2.24. The molecule has 0 bridgehead atoms. The van der Waals surface area contributed by atoms with Gasteiger partial charge in [-0.3, -0.25) is 0 Å². The molecule has 0 saturated heterocycles. The Morgan fingerprint density at radius 1 is 1.32 bits per heavy atom. The van der Waals surface area contributed by atoms with E-state index in [9.17, 15) is 10.2 Å². The van der Waals surface area contributed by atoms with Crippen molar-refractivity contribution in [2.24, 2.45) is 10.9 Å². The summed E-state index contributed by atoms with van der Waals surface area (Å²) in [6, 6.07) is 3.62. The first-order valence-electron chi connectivity index (χ1n) is 8.05. The number of aliphatic imine (C=N–C) groups is 1. The van der Waals surface area contributed by atoms with Crippen LogP contribution in [0.3, 0.4) is 0 Å². The lowest BCUT2D eigenvalue weighted by Gasteiger charge is -2.28. The summed E-state index contributed by atoms with van der Waals surface area (Å²) in [7, 11) is 3.16. The maximum Gasteiger partial charge on any atom is 0.204 e. The fourth-order valence-corrected chi connectivity index (χ4v) is 2.86. The molecule has 25 heavy (non-hydrogen) atoms. The maximum atomic E-state index is 9.96. The van der Waals surface area contributed by atoms with E-state index in [2.05, 4.69) is 4.99 Å². The molecule has 7 heteroatoms. The van der Waals surface area contributed by atoms with E-state index in [4.69, 9.17) is 18.9 Å². The largest absolute Gasteiger partial charge is 0.491 e. The van der Waals surface area contributed by atoms with Gasteiger partial charge in [0, 0.05) is 12.7 Å². The molecule has 0 fully saturated rings. The first-order chi connectivity index (χ1) is 11.9. The summed E-state index contributed by atoms with van der Waals surface area (Å²) in [4.78, 5) is 4.55. The summed E-state index contributed by atoms with van der Waals surface area (Å²) < 4.78 is 22.2. The quantitative estimate of drug-likeness (QED) is 0.817. The highest BCUT2D eigenvalue weighted by Crippen LogP contribution is 2.49. The third kappa shape index (κ3) is 3.22. The van der Waals surface area contributed by atoms with Crippen LogP contribution in [-0.2, 0) is 9.47 Å². The number of hydrogen-bond acceptors (Lipinski definition) is 7. The molecule has 2 aliphatic heterocycles. The van der Waals surface area contributed by atoms with Crippen LogP contribution < -0.4 is 9.47 Å². The van der Waals surface area contributed by atoms with Gasteiger partial charge in [0.2, 0.25) is 5.90 Å². The highest BCUT2D eigenvalue weighted by atomic mass is 16.5. The zero-order chi connectivity index (χ0) is 18.2. The van der Waals surface area contributed by atoms with Crippen LogP contribution in [0.2, 0.25) is 0 Å². The van der Waals surface area contributed by atoms with Crippen LogP contribution in [0.15, 0.2) is 29.5 Å². The van der Waals surface area contributed by atoms with Gasteiger partial charge in [0.05, 0.1) is 31.0 Å². The van der Waals surface area contributed by atoms with E-state index in [0.29, 0.717) is 23.1 Å². The molecule has 1 aromatic carbocycles. The van der Waals surface area contributed by atoms with Gasteiger partial charge in [-0.05, 0) is 26.0 Å². The van der Waals surface area contributed by atoms with Crippen molar-refractivity contribution in [3.05, 3.63) is 30.0 Å². The molecule has 3 atom stereocenters. The Labute approximate surface area is 146 Å². The number of methoxy groups -OCH3 is 2. The first-order valence-corrected chi connectivity index (χ1v) is 8.05. The summed E-state index contributed by atoms with van der Waals surface area (Å²) in [5.74, 6) is 1.34. The molecule has 0 aliphatic carbocycles. The van der Waals surface area contributed by atoms with Crippen LogP contribution in [0.25, 0.3) is 0 Å². The van der Waals surface area contributed by atoms with Crippen molar-refractivity contribution in [1.82, 2.24) is 0 Å². The van der Waals surface area contributed by atoms with Crippen molar-refractivity contribution in [3.63, 3.8) is 0 Å². The number of ether oxygens (including phenoxy) is 4. The zero-order valence-electron chi connectivity index (χ0n) is 14.7. The normalized spacial score (nSPS) is 22.6. The van der Waals surface area contributed by atoms with Gasteiger partial charge >= 0.3 is 0 Å². The Hall–Kier alpha value is -2.09. The van der Waals surface area contributed by atoms with Gasteiger partial charge in [-0.15, -0.1) is 0 Å². The molecule has 3 rings (SSSR count). The standard InChI is InChI=1S/C18H23NO6/c1-18(2,21)13(20)9-25-12-6-5-10-14(16(12)23-4)19-17-11(7-8-24-17)15(10)22-3/h5-8,11,13,15,20-21H,9H2,1-4H3/t11-,13+,15-/m1/s1. The molecular weight excluding hydrogens is 326 g/mol. The molecular formula is C18H23NO6. The minimum Gasteiger partial charge on any atom is -0.491 e. The van der Waals surface area contributed by atoms with Crippen LogP contribution in [-0.4, -0.2) is 48.6 Å². The lowest BCUT2D eigenvalue weighted by atomic mass is 9.91. The molecule has 1 aromatic rings. The Kier molecular flexibility index (Phi) is 4.73. The fourth-order valence-electron chi connectivity index (χ4n) is 2.86. The molecule has 0 unspecified atom stereocenters. The molecule has 2 aliphatic rings. The van der Waals surface area contributed by atoms with Crippen LogP contribution in [0.4, 0.5) is 5.69 Å². The van der Waals surface area contributed by atoms with Gasteiger partial charge in [-0.2, -0.15) is 0 Å². The van der Waals surface area contributed by atoms with Crippen molar-refractivity contribution < 1.29 is 29.2 Å². The molecule has 0 spiro atoms. The smallest absolute Gasteiger partial charge is 0.204 e. The van der Waals surface area contributed by atoms with E-state index in [1.165, 1.54) is 21.0 Å². The van der Waals surface area contributed by atoms with E-state index in [1.54, 1.807) is 19.4 Å². The average Bonchev–Trinajstić information content (AvgIpc) is 3.04. The Balaban J connectivity index is 1.94. The van der Waals surface area contributed by atoms with E-state index >= 15 is 0 Å². The number of nitrogens with zero attached hydrogens (tertiary/aromatic N) is 1. The number of benzene rings is 1. The molecule has 0 saturated carbocycles. The molecule has 0 amide bonds. The second-order valence-electron chi connectivity index (χ2n) is 6.59. The molecule has 2 heterocycles. The van der Waals surface area contributed by atoms with E-state index in [-0.39, 0.29) is 18.6 Å². The predicted molar refractivity (Wildman–Crippen MR) is 91.4 cm³/mol. The second-order valence-corrected chi connectivity index (χ2v) is 6.59. The molecule has 2 N–H and O–H groups in total. The Bertz CT molecular complexity index is 706. The monoisotopic (exact) mass is 349 g/mol. The zero-order valence-corrected chi connectivity index (χ0v) is 14.7. The van der Waals surface area contributed by atoms with Gasteiger partial charge in [0.1, 0.15) is 18.4 Å². The Morgan fingerprint density at radius 3 is 2.72 bits per heavy atom. The number of aliphatic hydroxyl groups is 2. The minimum absolute atomic E-state index is 0.0639. The van der Waals surface area contributed by atoms with Crippen molar-refractivity contribution in [2.75, 3.05) is 20.8 Å². The highest BCUT2D eigenvalue weighted by Gasteiger charge is 2.37. The Morgan fingerprint density at radius 2 is 2.08 bits per heavy atom. The van der Waals surface area contributed by atoms with Gasteiger partial charge in [-0.25, -0.2) is 4.99 Å². The maximum absolute atomic E-state index is 9.96. The van der Waals surface area contributed by atoms with Crippen LogP contribution in [0.1, 0.15) is 25.5 Å². The molecule has 136 valence electrons. The topological polar surface area (TPSA) is 89.7 Å². The molecule has 7 nitrogen and oxygen atoms in total. The number of rotatable bonds is 6. The number of hydrogen-bond donors (Lipinski definition) is 2. The first kappa shape index (κ1) is 17.7. The summed E-state index contributed by atoms with van der Waals surface area (Å²) in [5.41, 5.74) is 0.192. The van der Waals surface area contributed by atoms with Crippen molar-refractivity contribution in [3.8, 4) is 11.5 Å².